The van der Waals surface area contributed by atoms with Gasteiger partial charge in [0.15, 0.2) is 11.6 Å². The molecule has 0 aliphatic carbocycles. The Balaban J connectivity index is 1.83. The molecule has 4 nitrogen and oxygen atoms in total. The van der Waals surface area contributed by atoms with E-state index in [4.69, 9.17) is 10.5 Å². The molecule has 0 spiro atoms. The number of amides is 1. The van der Waals surface area contributed by atoms with Gasteiger partial charge in [-0.05, 0) is 47.4 Å². The van der Waals surface area contributed by atoms with E-state index < -0.39 is 11.6 Å². The first-order chi connectivity index (χ1) is 14.0. The highest BCUT2D eigenvalue weighted by Gasteiger charge is 2.25. The SMILES string of the molecule is COc1ccc(-c2ccc(C(=O)N3CCC[C@H](N)C3)c3ccccc23)c(F)c1F. The number of carbonyl (C=O) groups is 1. The number of hydrogen-bond donors (Lipinski definition) is 1. The summed E-state index contributed by atoms with van der Waals surface area (Å²) in [5.74, 6) is -2.25. The number of methoxy groups -OCH3 is 1. The molecule has 2 N–H and O–H groups in total. The Hall–Kier alpha value is -2.99. The van der Waals surface area contributed by atoms with E-state index in [0.29, 0.717) is 35.0 Å². The molecular weight excluding hydrogens is 374 g/mol. The lowest BCUT2D eigenvalue weighted by atomic mass is 9.93. The van der Waals surface area contributed by atoms with Gasteiger partial charge in [-0.1, -0.05) is 30.3 Å². The van der Waals surface area contributed by atoms with E-state index in [1.807, 2.05) is 24.3 Å². The molecule has 1 aliphatic heterocycles. The van der Waals surface area contributed by atoms with Gasteiger partial charge in [0.2, 0.25) is 5.82 Å². The summed E-state index contributed by atoms with van der Waals surface area (Å²) in [6.07, 6.45) is 1.78. The molecule has 1 heterocycles. The fourth-order valence-corrected chi connectivity index (χ4v) is 3.98. The van der Waals surface area contributed by atoms with Crippen LogP contribution in [0.1, 0.15) is 23.2 Å². The van der Waals surface area contributed by atoms with Gasteiger partial charge in [0.1, 0.15) is 0 Å². The van der Waals surface area contributed by atoms with Crippen molar-refractivity contribution >= 4 is 16.7 Å². The minimum atomic E-state index is -1.03. The molecule has 150 valence electrons. The van der Waals surface area contributed by atoms with Gasteiger partial charge in [-0.15, -0.1) is 0 Å². The first-order valence-corrected chi connectivity index (χ1v) is 9.60. The van der Waals surface area contributed by atoms with Crippen LogP contribution in [-0.2, 0) is 0 Å². The molecule has 0 radical (unpaired) electrons. The Morgan fingerprint density at radius 1 is 1.03 bits per heavy atom. The van der Waals surface area contributed by atoms with E-state index in [1.165, 1.54) is 19.2 Å². The monoisotopic (exact) mass is 396 g/mol. The number of nitrogens with zero attached hydrogens (tertiary/aromatic N) is 1. The van der Waals surface area contributed by atoms with Crippen molar-refractivity contribution in [2.45, 2.75) is 18.9 Å². The number of fused-ring (bicyclic) bond motifs is 1. The number of halogens is 2. The maximum atomic E-state index is 14.7. The van der Waals surface area contributed by atoms with Crippen LogP contribution in [0.5, 0.6) is 5.75 Å². The second-order valence-electron chi connectivity index (χ2n) is 7.30. The van der Waals surface area contributed by atoms with Crippen molar-refractivity contribution in [3.8, 4) is 16.9 Å². The third kappa shape index (κ3) is 3.44. The maximum absolute atomic E-state index is 14.7. The van der Waals surface area contributed by atoms with E-state index in [0.717, 1.165) is 12.8 Å². The van der Waals surface area contributed by atoms with Crippen molar-refractivity contribution in [1.29, 1.82) is 0 Å². The summed E-state index contributed by atoms with van der Waals surface area (Å²) in [4.78, 5) is 14.9. The lowest BCUT2D eigenvalue weighted by Crippen LogP contribution is -2.45. The summed E-state index contributed by atoms with van der Waals surface area (Å²) < 4.78 is 33.8. The van der Waals surface area contributed by atoms with Crippen LogP contribution in [0.25, 0.3) is 21.9 Å². The van der Waals surface area contributed by atoms with Crippen molar-refractivity contribution in [3.05, 3.63) is 65.7 Å². The largest absolute Gasteiger partial charge is 0.494 e. The Kier molecular flexibility index (Phi) is 5.20. The van der Waals surface area contributed by atoms with Crippen molar-refractivity contribution in [2.75, 3.05) is 20.2 Å². The van der Waals surface area contributed by atoms with Gasteiger partial charge in [-0.3, -0.25) is 4.79 Å². The van der Waals surface area contributed by atoms with Crippen molar-refractivity contribution in [1.82, 2.24) is 4.90 Å². The first kappa shape index (κ1) is 19.3. The fraction of sp³-hybridized carbons (Fsp3) is 0.261. The van der Waals surface area contributed by atoms with Crippen LogP contribution in [-0.4, -0.2) is 37.0 Å². The predicted octanol–water partition coefficient (Wildman–Crippen LogP) is 4.36. The minimum absolute atomic E-state index is 0.0189. The standard InChI is InChI=1S/C23H22F2N2O2/c1-29-20-11-10-18(21(24)22(20)25)17-8-9-19(16-7-3-2-6-15(16)17)23(28)27-12-4-5-14(26)13-27/h2-3,6-11,14H,4-5,12-13,26H2,1H3/t14-/m0/s1. The Bertz CT molecular complexity index is 1080. The molecule has 0 saturated carbocycles. The number of carbonyl (C=O) groups excluding carboxylic acids is 1. The van der Waals surface area contributed by atoms with Crippen LogP contribution in [0.2, 0.25) is 0 Å². The van der Waals surface area contributed by atoms with Crippen molar-refractivity contribution in [2.24, 2.45) is 5.73 Å². The molecule has 0 unspecified atom stereocenters. The normalized spacial score (nSPS) is 16.8. The van der Waals surface area contributed by atoms with Gasteiger partial charge in [-0.2, -0.15) is 4.39 Å². The number of rotatable bonds is 3. The minimum Gasteiger partial charge on any atom is -0.494 e. The molecule has 0 bridgehead atoms. The number of nitrogens with two attached hydrogens (primary N) is 1. The third-order valence-corrected chi connectivity index (χ3v) is 5.46. The molecule has 1 aliphatic rings. The molecule has 3 aromatic carbocycles. The van der Waals surface area contributed by atoms with Gasteiger partial charge >= 0.3 is 0 Å². The van der Waals surface area contributed by atoms with E-state index in [2.05, 4.69) is 0 Å². The second kappa shape index (κ2) is 7.79. The van der Waals surface area contributed by atoms with Gasteiger partial charge in [0, 0.05) is 30.3 Å². The topological polar surface area (TPSA) is 55.6 Å². The van der Waals surface area contributed by atoms with Crippen LogP contribution < -0.4 is 10.5 Å². The summed E-state index contributed by atoms with van der Waals surface area (Å²) in [5, 5.41) is 1.38. The highest BCUT2D eigenvalue weighted by molar-refractivity contribution is 6.11. The summed E-state index contributed by atoms with van der Waals surface area (Å²) in [7, 11) is 1.29. The molecule has 3 aromatic rings. The highest BCUT2D eigenvalue weighted by atomic mass is 19.2. The smallest absolute Gasteiger partial charge is 0.254 e. The number of likely N-dealkylation sites (tertiary alicyclic amines) is 1. The molecule has 0 aromatic heterocycles. The average molecular weight is 396 g/mol. The van der Waals surface area contributed by atoms with Gasteiger partial charge in [0.25, 0.3) is 5.91 Å². The number of piperidine rings is 1. The number of hydrogen-bond acceptors (Lipinski definition) is 3. The number of benzene rings is 3. The molecule has 4 rings (SSSR count). The van der Waals surface area contributed by atoms with Crippen LogP contribution >= 0.6 is 0 Å². The average Bonchev–Trinajstić information content (AvgIpc) is 2.74. The zero-order valence-electron chi connectivity index (χ0n) is 16.1. The molecule has 1 fully saturated rings. The van der Waals surface area contributed by atoms with Gasteiger partial charge < -0.3 is 15.4 Å². The Morgan fingerprint density at radius 3 is 2.48 bits per heavy atom. The van der Waals surface area contributed by atoms with Crippen molar-refractivity contribution in [3.63, 3.8) is 0 Å². The van der Waals surface area contributed by atoms with E-state index in [-0.39, 0.29) is 23.3 Å². The molecule has 6 heteroatoms. The van der Waals surface area contributed by atoms with Gasteiger partial charge in [-0.25, -0.2) is 4.39 Å². The molecule has 1 saturated heterocycles. The van der Waals surface area contributed by atoms with E-state index >= 15 is 0 Å². The second-order valence-corrected chi connectivity index (χ2v) is 7.30. The molecule has 29 heavy (non-hydrogen) atoms. The van der Waals surface area contributed by atoms with E-state index in [1.54, 1.807) is 17.0 Å². The molecular formula is C23H22F2N2O2. The Morgan fingerprint density at radius 2 is 1.76 bits per heavy atom. The Labute approximate surface area is 167 Å². The maximum Gasteiger partial charge on any atom is 0.254 e. The molecule has 1 amide bonds. The predicted molar refractivity (Wildman–Crippen MR) is 109 cm³/mol. The lowest BCUT2D eigenvalue weighted by molar-refractivity contribution is 0.0711. The lowest BCUT2D eigenvalue weighted by Gasteiger charge is -2.31. The molecule has 1 atom stereocenters. The fourth-order valence-electron chi connectivity index (χ4n) is 3.98. The third-order valence-electron chi connectivity index (χ3n) is 5.46. The van der Waals surface area contributed by atoms with Crippen LogP contribution in [0.4, 0.5) is 8.78 Å². The summed E-state index contributed by atoms with van der Waals surface area (Å²) >= 11 is 0. The first-order valence-electron chi connectivity index (χ1n) is 9.60. The van der Waals surface area contributed by atoms with E-state index in [9.17, 15) is 13.6 Å². The van der Waals surface area contributed by atoms with Crippen LogP contribution in [0.15, 0.2) is 48.5 Å². The van der Waals surface area contributed by atoms with Crippen LogP contribution in [0.3, 0.4) is 0 Å². The van der Waals surface area contributed by atoms with Crippen molar-refractivity contribution < 1.29 is 18.3 Å². The van der Waals surface area contributed by atoms with Gasteiger partial charge in [0.05, 0.1) is 7.11 Å². The zero-order chi connectivity index (χ0) is 20.5. The quantitative estimate of drug-likeness (QED) is 0.716. The van der Waals surface area contributed by atoms with Crippen LogP contribution in [0, 0.1) is 11.6 Å². The summed E-state index contributed by atoms with van der Waals surface area (Å²) in [5.41, 5.74) is 7.21. The summed E-state index contributed by atoms with van der Waals surface area (Å²) in [6, 6.07) is 13.5. The summed E-state index contributed by atoms with van der Waals surface area (Å²) in [6.45, 7) is 1.19. The number of ether oxygens (including phenoxy) is 1. The highest BCUT2D eigenvalue weighted by Crippen LogP contribution is 2.35. The zero-order valence-corrected chi connectivity index (χ0v) is 16.1.